The van der Waals surface area contributed by atoms with Gasteiger partial charge in [-0.2, -0.15) is 0 Å². The molecule has 4 heteroatoms. The van der Waals surface area contributed by atoms with Crippen molar-refractivity contribution in [1.29, 1.82) is 0 Å². The Kier molecular flexibility index (Phi) is 6.72. The van der Waals surface area contributed by atoms with Crippen molar-refractivity contribution < 1.29 is 9.53 Å². The number of rotatable bonds is 8. The summed E-state index contributed by atoms with van der Waals surface area (Å²) in [5.74, 6) is 2.10. The van der Waals surface area contributed by atoms with Crippen molar-refractivity contribution in [2.75, 3.05) is 26.7 Å². The first kappa shape index (κ1) is 16.8. The van der Waals surface area contributed by atoms with E-state index in [4.69, 9.17) is 4.74 Å². The average Bonchev–Trinajstić information content (AvgIpc) is 3.01. The van der Waals surface area contributed by atoms with Crippen molar-refractivity contribution >= 4 is 5.91 Å². The molecule has 2 N–H and O–H groups in total. The molecule has 1 aromatic rings. The molecule has 2 unspecified atom stereocenters. The van der Waals surface area contributed by atoms with E-state index in [-0.39, 0.29) is 5.91 Å². The molecule has 0 bridgehead atoms. The summed E-state index contributed by atoms with van der Waals surface area (Å²) in [5.41, 5.74) is 1.17. The molecule has 1 aliphatic heterocycles. The summed E-state index contributed by atoms with van der Waals surface area (Å²) in [6.45, 7) is 5.13. The van der Waals surface area contributed by atoms with Crippen LogP contribution in [0.25, 0.3) is 0 Å². The third kappa shape index (κ3) is 5.34. The Balaban J connectivity index is 1.69. The smallest absolute Gasteiger partial charge is 0.220 e. The zero-order chi connectivity index (χ0) is 15.8. The molecule has 2 rings (SSSR count). The fourth-order valence-electron chi connectivity index (χ4n) is 3.08. The van der Waals surface area contributed by atoms with Crippen molar-refractivity contribution in [3.8, 4) is 5.75 Å². The molecule has 0 radical (unpaired) electrons. The fraction of sp³-hybridized carbons (Fsp3) is 0.611. The molecule has 0 spiro atoms. The molecule has 0 aliphatic carbocycles. The minimum Gasteiger partial charge on any atom is -0.496 e. The molecule has 1 aliphatic rings. The lowest BCUT2D eigenvalue weighted by Crippen LogP contribution is -2.28. The lowest BCUT2D eigenvalue weighted by Gasteiger charge is -2.14. The van der Waals surface area contributed by atoms with Crippen molar-refractivity contribution in [3.63, 3.8) is 0 Å². The first-order valence-electron chi connectivity index (χ1n) is 8.28. The number of ether oxygens (including phenoxy) is 1. The Bertz CT molecular complexity index is 470. The number of para-hydroxylation sites is 1. The second-order valence-corrected chi connectivity index (χ2v) is 6.32. The predicted molar refractivity (Wildman–Crippen MR) is 89.1 cm³/mol. The van der Waals surface area contributed by atoms with E-state index in [9.17, 15) is 4.79 Å². The Hall–Kier alpha value is -1.55. The van der Waals surface area contributed by atoms with Crippen LogP contribution in [0.2, 0.25) is 0 Å². The van der Waals surface area contributed by atoms with E-state index in [1.165, 1.54) is 12.0 Å². The molecular weight excluding hydrogens is 276 g/mol. The lowest BCUT2D eigenvalue weighted by molar-refractivity contribution is -0.121. The Labute approximate surface area is 133 Å². The van der Waals surface area contributed by atoms with Crippen molar-refractivity contribution in [2.24, 2.45) is 11.8 Å². The van der Waals surface area contributed by atoms with E-state index in [0.29, 0.717) is 12.3 Å². The van der Waals surface area contributed by atoms with Crippen LogP contribution < -0.4 is 15.4 Å². The van der Waals surface area contributed by atoms with Gasteiger partial charge < -0.3 is 15.4 Å². The quantitative estimate of drug-likeness (QED) is 0.775. The monoisotopic (exact) mass is 304 g/mol. The van der Waals surface area contributed by atoms with Crippen LogP contribution in [0.4, 0.5) is 0 Å². The Morgan fingerprint density at radius 2 is 2.27 bits per heavy atom. The molecule has 1 aromatic carbocycles. The zero-order valence-corrected chi connectivity index (χ0v) is 13.7. The second-order valence-electron chi connectivity index (χ2n) is 6.32. The summed E-state index contributed by atoms with van der Waals surface area (Å²) in [6.07, 6.45) is 3.75. The number of hydrogen-bond acceptors (Lipinski definition) is 3. The summed E-state index contributed by atoms with van der Waals surface area (Å²) in [4.78, 5) is 12.0. The fourth-order valence-corrected chi connectivity index (χ4v) is 3.08. The van der Waals surface area contributed by atoms with E-state index in [1.807, 2.05) is 18.2 Å². The Morgan fingerprint density at radius 3 is 3.00 bits per heavy atom. The van der Waals surface area contributed by atoms with Crippen LogP contribution in [0.3, 0.4) is 0 Å². The highest BCUT2D eigenvalue weighted by Gasteiger charge is 2.15. The number of methoxy groups -OCH3 is 1. The highest BCUT2D eigenvalue weighted by molar-refractivity contribution is 5.76. The van der Waals surface area contributed by atoms with E-state index >= 15 is 0 Å². The van der Waals surface area contributed by atoms with E-state index in [1.54, 1.807) is 7.11 Å². The van der Waals surface area contributed by atoms with Gasteiger partial charge in [0.2, 0.25) is 5.91 Å². The first-order chi connectivity index (χ1) is 10.7. The third-order valence-corrected chi connectivity index (χ3v) is 4.33. The van der Waals surface area contributed by atoms with Gasteiger partial charge in [0.05, 0.1) is 7.11 Å². The van der Waals surface area contributed by atoms with Gasteiger partial charge in [-0.15, -0.1) is 0 Å². The topological polar surface area (TPSA) is 50.4 Å². The molecular formula is C18H28N2O2. The van der Waals surface area contributed by atoms with Crippen LogP contribution in [0, 0.1) is 11.8 Å². The number of hydrogen-bond donors (Lipinski definition) is 2. The number of amides is 1. The van der Waals surface area contributed by atoms with Crippen LogP contribution in [0.5, 0.6) is 5.75 Å². The van der Waals surface area contributed by atoms with E-state index < -0.39 is 0 Å². The summed E-state index contributed by atoms with van der Waals surface area (Å²) in [7, 11) is 1.69. The van der Waals surface area contributed by atoms with Crippen LogP contribution in [0.1, 0.15) is 31.7 Å². The minimum absolute atomic E-state index is 0.161. The second kappa shape index (κ2) is 8.79. The molecule has 122 valence electrons. The number of benzene rings is 1. The molecule has 1 saturated heterocycles. The number of carbonyl (C=O) groups excluding carboxylic acids is 1. The van der Waals surface area contributed by atoms with Crippen LogP contribution in [-0.4, -0.2) is 32.7 Å². The first-order valence-corrected chi connectivity index (χ1v) is 8.28. The highest BCUT2D eigenvalue weighted by Crippen LogP contribution is 2.22. The van der Waals surface area contributed by atoms with Crippen molar-refractivity contribution in [2.45, 2.75) is 32.6 Å². The minimum atomic E-state index is 0.161. The summed E-state index contributed by atoms with van der Waals surface area (Å²) >= 11 is 0. The standard InChI is InChI=1S/C18H28N2O2/c1-14(11-16-5-3-4-6-17(16)22-2)12-18(21)20-10-8-15-7-9-19-13-15/h3-6,14-15,19H,7-13H2,1-2H3,(H,20,21). The maximum absolute atomic E-state index is 12.0. The average molecular weight is 304 g/mol. The molecule has 1 amide bonds. The van der Waals surface area contributed by atoms with Gasteiger partial charge in [0.1, 0.15) is 5.75 Å². The van der Waals surface area contributed by atoms with Gasteiger partial charge in [-0.1, -0.05) is 25.1 Å². The summed E-state index contributed by atoms with van der Waals surface area (Å²) < 4.78 is 5.37. The molecule has 22 heavy (non-hydrogen) atoms. The van der Waals surface area contributed by atoms with E-state index in [2.05, 4.69) is 23.6 Å². The summed E-state index contributed by atoms with van der Waals surface area (Å²) in [6, 6.07) is 8.02. The lowest BCUT2D eigenvalue weighted by atomic mass is 9.97. The molecule has 2 atom stereocenters. The van der Waals surface area contributed by atoms with Gasteiger partial charge in [0, 0.05) is 13.0 Å². The van der Waals surface area contributed by atoms with Crippen molar-refractivity contribution in [1.82, 2.24) is 10.6 Å². The molecule has 0 saturated carbocycles. The van der Waals surface area contributed by atoms with Crippen LogP contribution >= 0.6 is 0 Å². The molecule has 1 heterocycles. The predicted octanol–water partition coefficient (Wildman–Crippen LogP) is 2.38. The SMILES string of the molecule is COc1ccccc1CC(C)CC(=O)NCCC1CCNC1. The van der Waals surface area contributed by atoms with Gasteiger partial charge in [-0.25, -0.2) is 0 Å². The Morgan fingerprint density at radius 1 is 1.45 bits per heavy atom. The van der Waals surface area contributed by atoms with Crippen molar-refractivity contribution in [3.05, 3.63) is 29.8 Å². The molecule has 1 fully saturated rings. The van der Waals surface area contributed by atoms with Gasteiger partial charge in [0.15, 0.2) is 0 Å². The number of nitrogens with one attached hydrogen (secondary N) is 2. The van der Waals surface area contributed by atoms with Gasteiger partial charge >= 0.3 is 0 Å². The summed E-state index contributed by atoms with van der Waals surface area (Å²) in [5, 5.41) is 6.41. The largest absolute Gasteiger partial charge is 0.496 e. The molecule has 0 aromatic heterocycles. The van der Waals surface area contributed by atoms with Crippen LogP contribution in [-0.2, 0) is 11.2 Å². The third-order valence-electron chi connectivity index (χ3n) is 4.33. The zero-order valence-electron chi connectivity index (χ0n) is 13.7. The van der Waals surface area contributed by atoms with Gasteiger partial charge in [-0.3, -0.25) is 4.79 Å². The maximum atomic E-state index is 12.0. The highest BCUT2D eigenvalue weighted by atomic mass is 16.5. The van der Waals surface area contributed by atoms with Crippen LogP contribution in [0.15, 0.2) is 24.3 Å². The maximum Gasteiger partial charge on any atom is 0.220 e. The van der Waals surface area contributed by atoms with E-state index in [0.717, 1.165) is 44.1 Å². The van der Waals surface area contributed by atoms with Gasteiger partial charge in [-0.05, 0) is 55.8 Å². The molecule has 4 nitrogen and oxygen atoms in total. The van der Waals surface area contributed by atoms with Gasteiger partial charge in [0.25, 0.3) is 0 Å². The number of carbonyl (C=O) groups is 1. The normalized spacial score (nSPS) is 18.9.